The van der Waals surface area contributed by atoms with Crippen LogP contribution in [0.3, 0.4) is 0 Å². The van der Waals surface area contributed by atoms with Crippen LogP contribution in [0.15, 0.2) is 17.6 Å². The van der Waals surface area contributed by atoms with E-state index in [1.54, 1.807) is 5.51 Å². The first-order valence-electron chi connectivity index (χ1n) is 10.9. The lowest BCUT2D eigenvalue weighted by Gasteiger charge is -2.25. The van der Waals surface area contributed by atoms with Crippen molar-refractivity contribution in [3.63, 3.8) is 0 Å². The number of cyclic esters (lactones) is 1. The van der Waals surface area contributed by atoms with Gasteiger partial charge < -0.3 is 14.4 Å². The topological polar surface area (TPSA) is 100 Å². The molecule has 188 valence electrons. The molecule has 0 unspecified atom stereocenters. The van der Waals surface area contributed by atoms with Gasteiger partial charge in [-0.1, -0.05) is 0 Å². The fourth-order valence-electron chi connectivity index (χ4n) is 3.94. The van der Waals surface area contributed by atoms with Gasteiger partial charge >= 0.3 is 6.09 Å². The lowest BCUT2D eigenvalue weighted by molar-refractivity contribution is -0.133. The predicted octanol–water partition coefficient (Wildman–Crippen LogP) is 2.29. The zero-order chi connectivity index (χ0) is 24.9. The maximum atomic E-state index is 15.1. The lowest BCUT2D eigenvalue weighted by atomic mass is 10.2. The van der Waals surface area contributed by atoms with Gasteiger partial charge in [-0.05, 0) is 18.6 Å². The molecule has 2 aliphatic rings. The van der Waals surface area contributed by atoms with E-state index in [0.29, 0.717) is 29.4 Å². The normalized spacial score (nSPS) is 18.4. The first-order valence-corrected chi connectivity index (χ1v) is 12.2. The highest BCUT2D eigenvalue weighted by molar-refractivity contribution is 7.80. The number of thiocarbonyl (C=S) groups is 1. The van der Waals surface area contributed by atoms with Gasteiger partial charge in [0.05, 0.1) is 32.3 Å². The Hall–Kier alpha value is -2.97. The van der Waals surface area contributed by atoms with Gasteiger partial charge in [-0.3, -0.25) is 14.7 Å². The third-order valence-electron chi connectivity index (χ3n) is 5.69. The van der Waals surface area contributed by atoms with Crippen LogP contribution >= 0.6 is 23.6 Å². The number of hydrogen-bond acceptors (Lipinski definition) is 10. The Morgan fingerprint density at radius 1 is 1.31 bits per heavy atom. The molecular weight excluding hydrogens is 502 g/mol. The standard InChI is InChI=1S/C21H24F2N6O4S2/c1-32-19(34)3-2-14-11-28(21(31)33-14)13-8-15(22)20(16(23)9-13)27-5-4-25-29(7-6-27)18(30)10-17-26-24-12-35-17/h8-9,12,14,25H,2-7,10-11H2,1H3/t14-/m0/s1. The highest BCUT2D eigenvalue weighted by Crippen LogP contribution is 2.31. The Morgan fingerprint density at radius 2 is 2.09 bits per heavy atom. The molecule has 35 heavy (non-hydrogen) atoms. The zero-order valence-corrected chi connectivity index (χ0v) is 20.5. The largest absolute Gasteiger partial charge is 0.490 e. The van der Waals surface area contributed by atoms with Gasteiger partial charge in [0.1, 0.15) is 22.3 Å². The summed E-state index contributed by atoms with van der Waals surface area (Å²) in [5, 5.41) is 10.0. The zero-order valence-electron chi connectivity index (χ0n) is 18.9. The number of hydrazine groups is 1. The summed E-state index contributed by atoms with van der Waals surface area (Å²) in [6, 6.07) is 2.25. The molecule has 2 aliphatic heterocycles. The number of rotatable bonds is 7. The molecule has 2 fully saturated rings. The third-order valence-corrected chi connectivity index (χ3v) is 6.76. The van der Waals surface area contributed by atoms with E-state index in [9.17, 15) is 9.59 Å². The van der Waals surface area contributed by atoms with E-state index in [-0.39, 0.29) is 49.9 Å². The molecule has 1 aromatic heterocycles. The third kappa shape index (κ3) is 6.00. The summed E-state index contributed by atoms with van der Waals surface area (Å²) < 4.78 is 40.5. The number of methoxy groups -OCH3 is 1. The molecule has 3 heterocycles. The number of carbonyl (C=O) groups excluding carboxylic acids is 2. The van der Waals surface area contributed by atoms with Gasteiger partial charge in [-0.15, -0.1) is 21.5 Å². The quantitative estimate of drug-likeness (QED) is 0.545. The lowest BCUT2D eigenvalue weighted by Crippen LogP contribution is -2.44. The van der Waals surface area contributed by atoms with Crippen LogP contribution in [0.4, 0.5) is 25.0 Å². The highest BCUT2D eigenvalue weighted by atomic mass is 32.1. The number of anilines is 2. The number of ether oxygens (including phenoxy) is 2. The van der Waals surface area contributed by atoms with Crippen LogP contribution < -0.4 is 15.2 Å². The molecule has 14 heteroatoms. The fourth-order valence-corrected chi connectivity index (χ4v) is 4.57. The van der Waals surface area contributed by atoms with E-state index < -0.39 is 23.8 Å². The van der Waals surface area contributed by atoms with Gasteiger partial charge in [0.2, 0.25) is 5.91 Å². The predicted molar refractivity (Wildman–Crippen MR) is 128 cm³/mol. The molecule has 2 amide bonds. The Balaban J connectivity index is 1.41. The van der Waals surface area contributed by atoms with E-state index in [4.69, 9.17) is 21.7 Å². The van der Waals surface area contributed by atoms with Crippen LogP contribution in [0.5, 0.6) is 0 Å². The summed E-state index contributed by atoms with van der Waals surface area (Å²) in [4.78, 5) is 27.6. The van der Waals surface area contributed by atoms with E-state index in [0.717, 1.165) is 12.1 Å². The Labute approximate surface area is 209 Å². The van der Waals surface area contributed by atoms with Gasteiger partial charge in [-0.25, -0.2) is 19.0 Å². The number of halogens is 2. The summed E-state index contributed by atoms with van der Waals surface area (Å²) in [5.74, 6) is -1.80. The highest BCUT2D eigenvalue weighted by Gasteiger charge is 2.34. The van der Waals surface area contributed by atoms with Crippen molar-refractivity contribution in [2.45, 2.75) is 25.4 Å². The molecule has 1 atom stereocenters. The van der Waals surface area contributed by atoms with Crippen molar-refractivity contribution in [1.82, 2.24) is 20.6 Å². The average molecular weight is 527 g/mol. The minimum absolute atomic E-state index is 0.0763. The molecule has 0 spiro atoms. The first kappa shape index (κ1) is 25.1. The second kappa shape index (κ2) is 11.2. The number of aromatic nitrogens is 2. The van der Waals surface area contributed by atoms with Crippen LogP contribution in [0.1, 0.15) is 17.8 Å². The van der Waals surface area contributed by atoms with Gasteiger partial charge in [0.15, 0.2) is 16.7 Å². The minimum atomic E-state index is -0.801. The van der Waals surface area contributed by atoms with Crippen molar-refractivity contribution in [1.29, 1.82) is 0 Å². The number of nitrogens with one attached hydrogen (secondary N) is 1. The number of nitrogens with zero attached hydrogens (tertiary/aromatic N) is 5. The number of benzene rings is 1. The van der Waals surface area contributed by atoms with Crippen LogP contribution in [0.25, 0.3) is 0 Å². The van der Waals surface area contributed by atoms with Crippen molar-refractivity contribution >= 4 is 52.0 Å². The summed E-state index contributed by atoms with van der Waals surface area (Å²) in [6.45, 7) is 1.19. The summed E-state index contributed by atoms with van der Waals surface area (Å²) in [6.07, 6.45) is -0.148. The molecule has 1 N–H and O–H groups in total. The number of hydrogen-bond donors (Lipinski definition) is 1. The van der Waals surface area contributed by atoms with Crippen molar-refractivity contribution < 1.29 is 27.8 Å². The first-order chi connectivity index (χ1) is 16.9. The Morgan fingerprint density at radius 3 is 2.77 bits per heavy atom. The van der Waals surface area contributed by atoms with Crippen molar-refractivity contribution in [2.75, 3.05) is 49.6 Å². The molecule has 0 saturated carbocycles. The monoisotopic (exact) mass is 526 g/mol. The molecule has 2 saturated heterocycles. The van der Waals surface area contributed by atoms with E-state index >= 15 is 8.78 Å². The summed E-state index contributed by atoms with van der Waals surface area (Å²) in [5.41, 5.74) is 4.41. The molecule has 0 radical (unpaired) electrons. The summed E-state index contributed by atoms with van der Waals surface area (Å²) in [7, 11) is 1.47. The van der Waals surface area contributed by atoms with E-state index in [1.165, 1.54) is 33.3 Å². The number of amides is 2. The van der Waals surface area contributed by atoms with Gasteiger partial charge in [0, 0.05) is 38.2 Å². The fraction of sp³-hybridized carbons (Fsp3) is 0.476. The maximum absolute atomic E-state index is 15.1. The van der Waals surface area contributed by atoms with Gasteiger partial charge in [0.25, 0.3) is 0 Å². The van der Waals surface area contributed by atoms with Crippen molar-refractivity contribution in [3.05, 3.63) is 34.3 Å². The van der Waals surface area contributed by atoms with Crippen molar-refractivity contribution in [2.24, 2.45) is 0 Å². The van der Waals surface area contributed by atoms with Gasteiger partial charge in [-0.2, -0.15) is 0 Å². The summed E-state index contributed by atoms with van der Waals surface area (Å²) >= 11 is 6.28. The number of carbonyl (C=O) groups is 2. The Kier molecular flexibility index (Phi) is 8.03. The molecule has 2 aromatic rings. The van der Waals surface area contributed by atoms with Crippen LogP contribution in [-0.2, 0) is 20.7 Å². The molecule has 1 aromatic carbocycles. The van der Waals surface area contributed by atoms with Crippen LogP contribution in [0.2, 0.25) is 0 Å². The molecule has 0 bridgehead atoms. The van der Waals surface area contributed by atoms with Crippen LogP contribution in [0, 0.1) is 11.6 Å². The smallest absolute Gasteiger partial charge is 0.414 e. The maximum Gasteiger partial charge on any atom is 0.414 e. The average Bonchev–Trinajstić information content (AvgIpc) is 3.40. The second-order valence-corrected chi connectivity index (χ2v) is 9.31. The second-order valence-electron chi connectivity index (χ2n) is 7.94. The molecule has 10 nitrogen and oxygen atoms in total. The molecule has 4 rings (SSSR count). The van der Waals surface area contributed by atoms with E-state index in [1.807, 2.05) is 0 Å². The Bertz CT molecular complexity index is 1070. The van der Waals surface area contributed by atoms with Crippen LogP contribution in [-0.4, -0.2) is 78.2 Å². The molecular formula is C21H24F2N6O4S2. The minimum Gasteiger partial charge on any atom is -0.490 e. The SMILES string of the molecule is COC(=S)CC[C@H]1CN(c2cc(F)c(N3CCNN(C(=O)Cc4nncs4)CC3)c(F)c2)C(=O)O1. The van der Waals surface area contributed by atoms with E-state index in [2.05, 4.69) is 15.6 Å². The molecule has 0 aliphatic carbocycles. The van der Waals surface area contributed by atoms with Crippen molar-refractivity contribution in [3.8, 4) is 0 Å².